The van der Waals surface area contributed by atoms with Gasteiger partial charge in [0.05, 0.1) is 22.2 Å². The largest absolute Gasteiger partial charge is 0.288 e. The number of dihydropyridines is 1. The van der Waals surface area contributed by atoms with E-state index in [-0.39, 0.29) is 11.8 Å². The minimum atomic E-state index is 0.208. The zero-order valence-electron chi connectivity index (χ0n) is 27.1. The average Bonchev–Trinajstić information content (AvgIpc) is 3.15. The highest BCUT2D eigenvalue weighted by atomic mass is 14.8. The van der Waals surface area contributed by atoms with Gasteiger partial charge >= 0.3 is 0 Å². The van der Waals surface area contributed by atoms with Gasteiger partial charge in [0.15, 0.2) is 0 Å². The summed E-state index contributed by atoms with van der Waals surface area (Å²) in [6.45, 7) is 5.18. The molecule has 0 radical (unpaired) electrons. The van der Waals surface area contributed by atoms with Crippen LogP contribution in [-0.2, 0) is 0 Å². The van der Waals surface area contributed by atoms with Gasteiger partial charge < -0.3 is 0 Å². The molecule has 2 unspecified atom stereocenters. The fourth-order valence-electron chi connectivity index (χ4n) is 7.70. The molecule has 0 spiro atoms. The minimum absolute atomic E-state index is 0.208. The van der Waals surface area contributed by atoms with Crippen molar-refractivity contribution in [2.45, 2.75) is 26.2 Å². The van der Waals surface area contributed by atoms with Gasteiger partial charge in [0.1, 0.15) is 0 Å². The summed E-state index contributed by atoms with van der Waals surface area (Å²) >= 11 is 0. The number of hydrogen-bond donors (Lipinski definition) is 0. The maximum Gasteiger partial charge on any atom is 0.0967 e. The van der Waals surface area contributed by atoms with E-state index in [1.54, 1.807) is 0 Å². The third-order valence-corrected chi connectivity index (χ3v) is 10.2. The van der Waals surface area contributed by atoms with Crippen molar-refractivity contribution in [1.29, 1.82) is 0 Å². The zero-order chi connectivity index (χ0) is 32.2. The number of benzene rings is 4. The maximum atomic E-state index is 5.24. The molecule has 4 heterocycles. The molecule has 7 aromatic rings. The first-order valence-electron chi connectivity index (χ1n) is 16.8. The first-order valence-corrected chi connectivity index (χ1v) is 16.8. The van der Waals surface area contributed by atoms with Gasteiger partial charge in [0, 0.05) is 58.0 Å². The number of hydrogen-bond acceptors (Lipinski definition) is 4. The Hall–Kier alpha value is -5.74. The quantitative estimate of drug-likeness (QED) is 0.184. The van der Waals surface area contributed by atoms with Crippen molar-refractivity contribution in [2.24, 2.45) is 10.9 Å². The van der Waals surface area contributed by atoms with Crippen LogP contribution in [0.3, 0.4) is 0 Å². The molecule has 1 aliphatic heterocycles. The first-order chi connectivity index (χ1) is 23.6. The molecule has 0 amide bonds. The second-order valence-corrected chi connectivity index (χ2v) is 13.0. The molecule has 0 bridgehead atoms. The van der Waals surface area contributed by atoms with E-state index in [2.05, 4.69) is 134 Å². The van der Waals surface area contributed by atoms with Crippen LogP contribution in [0.25, 0.3) is 60.2 Å². The summed E-state index contributed by atoms with van der Waals surface area (Å²) in [5.41, 5.74) is 12.7. The van der Waals surface area contributed by atoms with Crippen LogP contribution in [0.5, 0.6) is 0 Å². The Labute approximate surface area is 279 Å². The molecule has 0 saturated carbocycles. The molecular formula is C44H34N4. The van der Waals surface area contributed by atoms with Gasteiger partial charge in [-0.3, -0.25) is 15.0 Å². The predicted molar refractivity (Wildman–Crippen MR) is 201 cm³/mol. The van der Waals surface area contributed by atoms with E-state index >= 15 is 0 Å². The number of allylic oxidation sites excluding steroid dienone is 5. The second kappa shape index (κ2) is 11.5. The standard InChI is InChI=1S/C44H34N4/c1-27-8-3-4-10-33(27)34-20-21-38-41(28(34)2)37-11-5-6-12-40(37)48-42(38)31-15-13-29(14-16-31)39-22-18-32(26-47-39)35-23-25-46-44-36(35)19-17-30-9-7-24-45-43(30)44/h3-13,15-25,29,32H,14,26H2,1-2H3. The van der Waals surface area contributed by atoms with Crippen LogP contribution in [0.4, 0.5) is 0 Å². The molecule has 230 valence electrons. The molecular weight excluding hydrogens is 585 g/mol. The number of aryl methyl sites for hydroxylation is 2. The van der Waals surface area contributed by atoms with E-state index in [0.717, 1.165) is 51.7 Å². The molecule has 0 saturated heterocycles. The van der Waals surface area contributed by atoms with Crippen molar-refractivity contribution < 1.29 is 0 Å². The van der Waals surface area contributed by atoms with E-state index in [4.69, 9.17) is 15.0 Å². The third kappa shape index (κ3) is 4.67. The molecule has 3 aromatic heterocycles. The number of para-hydroxylation sites is 1. The highest BCUT2D eigenvalue weighted by Crippen LogP contribution is 2.39. The number of aliphatic imine (C=N–C) groups is 1. The summed E-state index contributed by atoms with van der Waals surface area (Å²) < 4.78 is 0. The fraction of sp³-hybridized carbons (Fsp3) is 0.136. The van der Waals surface area contributed by atoms with E-state index in [1.165, 1.54) is 49.5 Å². The van der Waals surface area contributed by atoms with Gasteiger partial charge in [-0.05, 0) is 83.3 Å². The third-order valence-electron chi connectivity index (χ3n) is 10.2. The van der Waals surface area contributed by atoms with Crippen LogP contribution in [0.1, 0.15) is 34.7 Å². The number of nitrogens with zero attached hydrogens (tertiary/aromatic N) is 4. The molecule has 4 nitrogen and oxygen atoms in total. The van der Waals surface area contributed by atoms with E-state index in [9.17, 15) is 0 Å². The maximum absolute atomic E-state index is 5.24. The van der Waals surface area contributed by atoms with Crippen LogP contribution < -0.4 is 0 Å². The lowest BCUT2D eigenvalue weighted by Gasteiger charge is -2.23. The Morgan fingerprint density at radius 1 is 0.646 bits per heavy atom. The summed E-state index contributed by atoms with van der Waals surface area (Å²) in [5.74, 6) is 0.453. The van der Waals surface area contributed by atoms with Gasteiger partial charge in [-0.15, -0.1) is 0 Å². The SMILES string of the molecule is Cc1ccccc1-c1ccc2c(C3=CCC(C4=NCC(c5ccnc6c5ccc5cccnc56)C=C4)C=C3)nc3ccccc3c2c1C. The van der Waals surface area contributed by atoms with E-state index in [0.29, 0.717) is 0 Å². The molecule has 0 fully saturated rings. The van der Waals surface area contributed by atoms with Crippen molar-refractivity contribution in [3.8, 4) is 11.1 Å². The molecule has 2 atom stereocenters. The number of rotatable bonds is 4. The fourth-order valence-corrected chi connectivity index (χ4v) is 7.70. The Kier molecular flexibility index (Phi) is 6.82. The number of pyridine rings is 3. The zero-order valence-corrected chi connectivity index (χ0v) is 27.1. The van der Waals surface area contributed by atoms with Gasteiger partial charge in [-0.25, -0.2) is 4.98 Å². The molecule has 9 rings (SSSR count). The van der Waals surface area contributed by atoms with Crippen LogP contribution in [0.2, 0.25) is 0 Å². The topological polar surface area (TPSA) is 51.0 Å². The molecule has 48 heavy (non-hydrogen) atoms. The number of aromatic nitrogens is 3. The van der Waals surface area contributed by atoms with Gasteiger partial charge in [-0.1, -0.05) is 97.1 Å². The number of fused-ring (bicyclic) bond motifs is 6. The molecule has 2 aliphatic rings. The van der Waals surface area contributed by atoms with Crippen molar-refractivity contribution in [1.82, 2.24) is 15.0 Å². The minimum Gasteiger partial charge on any atom is -0.288 e. The Balaban J connectivity index is 1.02. The van der Waals surface area contributed by atoms with Crippen molar-refractivity contribution in [2.75, 3.05) is 6.54 Å². The van der Waals surface area contributed by atoms with E-state index < -0.39 is 0 Å². The Bertz CT molecular complexity index is 2550. The lowest BCUT2D eigenvalue weighted by atomic mass is 9.86. The normalized spacial score (nSPS) is 17.7. The summed E-state index contributed by atoms with van der Waals surface area (Å²) in [5, 5.41) is 5.94. The smallest absolute Gasteiger partial charge is 0.0967 e. The summed E-state index contributed by atoms with van der Waals surface area (Å²) in [4.78, 5) is 19.7. The average molecular weight is 619 g/mol. The van der Waals surface area contributed by atoms with Gasteiger partial charge in [-0.2, -0.15) is 0 Å². The van der Waals surface area contributed by atoms with Crippen LogP contribution in [0, 0.1) is 19.8 Å². The summed E-state index contributed by atoms with van der Waals surface area (Å²) in [6, 6.07) is 32.3. The lowest BCUT2D eigenvalue weighted by Crippen LogP contribution is -2.17. The Morgan fingerprint density at radius 2 is 1.48 bits per heavy atom. The van der Waals surface area contributed by atoms with Crippen LogP contribution in [-0.4, -0.2) is 27.2 Å². The van der Waals surface area contributed by atoms with Crippen LogP contribution in [0.15, 0.2) is 139 Å². The summed E-state index contributed by atoms with van der Waals surface area (Å²) in [6.07, 6.45) is 16.1. The van der Waals surface area contributed by atoms with Crippen molar-refractivity contribution in [3.05, 3.63) is 156 Å². The van der Waals surface area contributed by atoms with E-state index in [1.807, 2.05) is 18.5 Å². The van der Waals surface area contributed by atoms with Crippen LogP contribution >= 0.6 is 0 Å². The Morgan fingerprint density at radius 3 is 2.33 bits per heavy atom. The molecule has 0 N–H and O–H groups in total. The second-order valence-electron chi connectivity index (χ2n) is 13.0. The summed E-state index contributed by atoms with van der Waals surface area (Å²) in [7, 11) is 0. The van der Waals surface area contributed by atoms with Gasteiger partial charge in [0.25, 0.3) is 0 Å². The van der Waals surface area contributed by atoms with Crippen molar-refractivity contribution in [3.63, 3.8) is 0 Å². The van der Waals surface area contributed by atoms with Crippen molar-refractivity contribution >= 4 is 54.8 Å². The first kappa shape index (κ1) is 28.5. The monoisotopic (exact) mass is 618 g/mol. The highest BCUT2D eigenvalue weighted by molar-refractivity contribution is 6.13. The lowest BCUT2D eigenvalue weighted by molar-refractivity contribution is 0.806. The molecule has 1 aliphatic carbocycles. The molecule has 4 heteroatoms. The molecule has 4 aromatic carbocycles. The van der Waals surface area contributed by atoms with Gasteiger partial charge in [0.2, 0.25) is 0 Å². The highest BCUT2D eigenvalue weighted by Gasteiger charge is 2.22. The predicted octanol–water partition coefficient (Wildman–Crippen LogP) is 10.5.